The maximum Gasteiger partial charge on any atom is 0.416 e. The smallest absolute Gasteiger partial charge is 0.416 e. The van der Waals surface area contributed by atoms with Crippen molar-refractivity contribution in [2.45, 2.75) is 19.8 Å². The molecule has 2 unspecified atom stereocenters. The maximum absolute atomic E-state index is 12.3. The first-order valence-corrected chi connectivity index (χ1v) is 6.19. The minimum Gasteiger partial charge on any atom is -0.447 e. The molecule has 0 spiro atoms. The van der Waals surface area contributed by atoms with Gasteiger partial charge in [0.15, 0.2) is 0 Å². The second-order valence-corrected chi connectivity index (χ2v) is 4.49. The first-order chi connectivity index (χ1) is 8.61. The van der Waals surface area contributed by atoms with E-state index < -0.39 is 6.09 Å². The Morgan fingerprint density at radius 2 is 2.39 bits per heavy atom. The van der Waals surface area contributed by atoms with Gasteiger partial charge in [0.25, 0.3) is 0 Å². The molecule has 2 amide bonds. The van der Waals surface area contributed by atoms with Crippen molar-refractivity contribution in [3.8, 4) is 0 Å². The van der Waals surface area contributed by atoms with E-state index in [9.17, 15) is 9.59 Å². The number of amides is 2. The zero-order valence-electron chi connectivity index (χ0n) is 11.1. The fourth-order valence-corrected chi connectivity index (χ4v) is 2.12. The molecule has 0 aromatic heterocycles. The third-order valence-corrected chi connectivity index (χ3v) is 3.20. The SMILES string of the molecule is C=CCC(C)C(CCOC)C(=O)N1CCOC1=O. The minimum absolute atomic E-state index is 0.138. The third-order valence-electron chi connectivity index (χ3n) is 3.20. The predicted molar refractivity (Wildman–Crippen MR) is 67.0 cm³/mol. The van der Waals surface area contributed by atoms with E-state index in [0.29, 0.717) is 19.6 Å². The zero-order chi connectivity index (χ0) is 13.5. The number of rotatable bonds is 7. The quantitative estimate of drug-likeness (QED) is 0.651. The summed E-state index contributed by atoms with van der Waals surface area (Å²) in [5.41, 5.74) is 0. The Bertz CT molecular complexity index is 316. The van der Waals surface area contributed by atoms with Crippen molar-refractivity contribution in [2.24, 2.45) is 11.8 Å². The molecule has 1 fully saturated rings. The Morgan fingerprint density at radius 3 is 2.89 bits per heavy atom. The average Bonchev–Trinajstić information content (AvgIpc) is 2.76. The standard InChI is InChI=1S/C13H21NO4/c1-4-5-10(2)11(6-8-17-3)12(15)14-7-9-18-13(14)16/h4,10-11H,1,5-9H2,2-3H3. The second kappa shape index (κ2) is 7.16. The Kier molecular flexibility index (Phi) is 5.85. The molecule has 5 heteroatoms. The van der Waals surface area contributed by atoms with Crippen LogP contribution in [-0.4, -0.2) is 43.8 Å². The molecule has 2 atom stereocenters. The Balaban J connectivity index is 2.70. The van der Waals surface area contributed by atoms with Gasteiger partial charge in [0.05, 0.1) is 6.54 Å². The van der Waals surface area contributed by atoms with E-state index in [4.69, 9.17) is 9.47 Å². The molecule has 0 aromatic rings. The molecular weight excluding hydrogens is 234 g/mol. The highest BCUT2D eigenvalue weighted by molar-refractivity contribution is 5.94. The molecule has 1 rings (SSSR count). The molecule has 0 N–H and O–H groups in total. The van der Waals surface area contributed by atoms with Crippen molar-refractivity contribution < 1.29 is 19.1 Å². The van der Waals surface area contributed by atoms with E-state index in [1.807, 2.05) is 6.92 Å². The van der Waals surface area contributed by atoms with Crippen LogP contribution in [0.4, 0.5) is 4.79 Å². The van der Waals surface area contributed by atoms with Crippen molar-refractivity contribution >= 4 is 12.0 Å². The fraction of sp³-hybridized carbons (Fsp3) is 0.692. The summed E-state index contributed by atoms with van der Waals surface area (Å²) in [6, 6.07) is 0. The molecule has 0 bridgehead atoms. The molecule has 1 saturated heterocycles. The third kappa shape index (κ3) is 3.57. The molecule has 0 radical (unpaired) electrons. The van der Waals surface area contributed by atoms with Crippen LogP contribution in [0.2, 0.25) is 0 Å². The molecule has 1 heterocycles. The van der Waals surface area contributed by atoms with Crippen LogP contribution in [0.1, 0.15) is 19.8 Å². The van der Waals surface area contributed by atoms with Gasteiger partial charge in [-0.1, -0.05) is 13.0 Å². The van der Waals surface area contributed by atoms with E-state index in [1.54, 1.807) is 13.2 Å². The molecule has 102 valence electrons. The number of hydrogen-bond acceptors (Lipinski definition) is 4. The van der Waals surface area contributed by atoms with Gasteiger partial charge in [-0.15, -0.1) is 6.58 Å². The lowest BCUT2D eigenvalue weighted by molar-refractivity contribution is -0.134. The highest BCUT2D eigenvalue weighted by atomic mass is 16.6. The Morgan fingerprint density at radius 1 is 1.67 bits per heavy atom. The summed E-state index contributed by atoms with van der Waals surface area (Å²) in [5, 5.41) is 0. The van der Waals surface area contributed by atoms with E-state index in [2.05, 4.69) is 6.58 Å². The zero-order valence-corrected chi connectivity index (χ0v) is 11.1. The van der Waals surface area contributed by atoms with Crippen LogP contribution in [0.25, 0.3) is 0 Å². The van der Waals surface area contributed by atoms with Crippen LogP contribution in [0.15, 0.2) is 12.7 Å². The number of hydrogen-bond donors (Lipinski definition) is 0. The van der Waals surface area contributed by atoms with Gasteiger partial charge in [-0.05, 0) is 18.8 Å². The minimum atomic E-state index is -0.534. The van der Waals surface area contributed by atoms with Gasteiger partial charge >= 0.3 is 6.09 Å². The van der Waals surface area contributed by atoms with Gasteiger partial charge in [0.2, 0.25) is 5.91 Å². The van der Waals surface area contributed by atoms with Gasteiger partial charge < -0.3 is 9.47 Å². The number of carbonyl (C=O) groups is 2. The molecule has 0 saturated carbocycles. The molecule has 1 aliphatic heterocycles. The van der Waals surface area contributed by atoms with Crippen LogP contribution in [0, 0.1) is 11.8 Å². The Labute approximate surface area is 108 Å². The van der Waals surface area contributed by atoms with Crippen LogP contribution in [0.5, 0.6) is 0 Å². The summed E-state index contributed by atoms with van der Waals surface area (Å²) >= 11 is 0. The van der Waals surface area contributed by atoms with Crippen LogP contribution >= 0.6 is 0 Å². The number of allylic oxidation sites excluding steroid dienone is 1. The van der Waals surface area contributed by atoms with Gasteiger partial charge in [-0.25, -0.2) is 9.69 Å². The first kappa shape index (κ1) is 14.7. The maximum atomic E-state index is 12.3. The van der Waals surface area contributed by atoms with Crippen molar-refractivity contribution in [2.75, 3.05) is 26.9 Å². The predicted octanol–water partition coefficient (Wildman–Crippen LogP) is 1.83. The lowest BCUT2D eigenvalue weighted by Gasteiger charge is -2.24. The average molecular weight is 255 g/mol. The van der Waals surface area contributed by atoms with Gasteiger partial charge in [0, 0.05) is 19.6 Å². The van der Waals surface area contributed by atoms with Crippen LogP contribution in [-0.2, 0) is 14.3 Å². The van der Waals surface area contributed by atoms with Gasteiger partial charge in [0.1, 0.15) is 6.61 Å². The molecule has 5 nitrogen and oxygen atoms in total. The van der Waals surface area contributed by atoms with Crippen LogP contribution < -0.4 is 0 Å². The summed E-state index contributed by atoms with van der Waals surface area (Å²) in [6.45, 7) is 6.81. The molecular formula is C13H21NO4. The Hall–Kier alpha value is -1.36. The van der Waals surface area contributed by atoms with E-state index in [1.165, 1.54) is 4.90 Å². The molecule has 0 aromatic carbocycles. The van der Waals surface area contributed by atoms with Gasteiger partial charge in [-0.3, -0.25) is 4.79 Å². The summed E-state index contributed by atoms with van der Waals surface area (Å²) in [7, 11) is 1.60. The first-order valence-electron chi connectivity index (χ1n) is 6.19. The number of nitrogens with zero attached hydrogens (tertiary/aromatic N) is 1. The summed E-state index contributed by atoms with van der Waals surface area (Å²) < 4.78 is 9.82. The van der Waals surface area contributed by atoms with Crippen molar-refractivity contribution in [3.63, 3.8) is 0 Å². The summed E-state index contributed by atoms with van der Waals surface area (Å²) in [6.07, 6.45) is 2.60. The van der Waals surface area contributed by atoms with E-state index >= 15 is 0 Å². The number of methoxy groups -OCH3 is 1. The number of imide groups is 1. The van der Waals surface area contributed by atoms with Crippen molar-refractivity contribution in [1.29, 1.82) is 0 Å². The normalized spacial score (nSPS) is 18.3. The van der Waals surface area contributed by atoms with Crippen molar-refractivity contribution in [3.05, 3.63) is 12.7 Å². The van der Waals surface area contributed by atoms with E-state index in [-0.39, 0.29) is 24.3 Å². The largest absolute Gasteiger partial charge is 0.447 e. The summed E-state index contributed by atoms with van der Waals surface area (Å²) in [4.78, 5) is 24.9. The topological polar surface area (TPSA) is 55.8 Å². The fourth-order valence-electron chi connectivity index (χ4n) is 2.12. The molecule has 1 aliphatic rings. The second-order valence-electron chi connectivity index (χ2n) is 4.49. The lowest BCUT2D eigenvalue weighted by atomic mass is 9.87. The van der Waals surface area contributed by atoms with Crippen LogP contribution in [0.3, 0.4) is 0 Å². The van der Waals surface area contributed by atoms with E-state index in [0.717, 1.165) is 6.42 Å². The van der Waals surface area contributed by atoms with Crippen molar-refractivity contribution in [1.82, 2.24) is 4.90 Å². The number of cyclic esters (lactones) is 1. The molecule has 0 aliphatic carbocycles. The highest BCUT2D eigenvalue weighted by Crippen LogP contribution is 2.23. The monoisotopic (exact) mass is 255 g/mol. The lowest BCUT2D eigenvalue weighted by Crippen LogP contribution is -2.39. The molecule has 18 heavy (non-hydrogen) atoms. The highest BCUT2D eigenvalue weighted by Gasteiger charge is 2.35. The number of carbonyl (C=O) groups excluding carboxylic acids is 2. The van der Waals surface area contributed by atoms with Gasteiger partial charge in [-0.2, -0.15) is 0 Å². The number of ether oxygens (including phenoxy) is 2. The summed E-state index contributed by atoms with van der Waals surface area (Å²) in [5.74, 6) is -0.254.